The zero-order chi connectivity index (χ0) is 25.1. The first-order chi connectivity index (χ1) is 17.5. The molecular formula is C27H30ClN5O3. The fourth-order valence-electron chi connectivity index (χ4n) is 4.52. The van der Waals surface area contributed by atoms with Crippen LogP contribution in [0.15, 0.2) is 52.0 Å². The van der Waals surface area contributed by atoms with E-state index in [1.165, 1.54) is 0 Å². The first-order valence-corrected chi connectivity index (χ1v) is 12.6. The van der Waals surface area contributed by atoms with Crippen molar-refractivity contribution in [1.82, 2.24) is 15.0 Å². The first kappa shape index (κ1) is 24.5. The average Bonchev–Trinajstić information content (AvgIpc) is 3.42. The van der Waals surface area contributed by atoms with Crippen molar-refractivity contribution in [3.05, 3.63) is 58.7 Å². The van der Waals surface area contributed by atoms with Gasteiger partial charge in [0.2, 0.25) is 11.8 Å². The number of carbonyl (C=O) groups is 1. The molecule has 5 rings (SSSR count). The van der Waals surface area contributed by atoms with E-state index in [1.807, 2.05) is 37.3 Å². The van der Waals surface area contributed by atoms with Crippen LogP contribution in [-0.4, -0.2) is 73.5 Å². The van der Waals surface area contributed by atoms with E-state index in [4.69, 9.17) is 20.9 Å². The highest BCUT2D eigenvalue weighted by atomic mass is 35.5. The molecule has 0 aliphatic carbocycles. The Balaban J connectivity index is 1.23. The molecule has 1 N–H and O–H groups in total. The predicted molar refractivity (Wildman–Crippen MR) is 142 cm³/mol. The number of nitrogens with one attached hydrogen (secondary N) is 1. The summed E-state index contributed by atoms with van der Waals surface area (Å²) < 4.78 is 11.1. The van der Waals surface area contributed by atoms with Gasteiger partial charge in [-0.05, 0) is 55.8 Å². The summed E-state index contributed by atoms with van der Waals surface area (Å²) in [5.74, 6) is 0.503. The van der Waals surface area contributed by atoms with Crippen LogP contribution in [0.1, 0.15) is 23.6 Å². The van der Waals surface area contributed by atoms with Gasteiger partial charge in [0.05, 0.1) is 17.3 Å². The Morgan fingerprint density at radius 1 is 1.19 bits per heavy atom. The predicted octanol–water partition coefficient (Wildman–Crippen LogP) is 4.76. The highest BCUT2D eigenvalue weighted by Gasteiger charge is 2.30. The molecule has 0 saturated carbocycles. The van der Waals surface area contributed by atoms with Crippen LogP contribution in [0.25, 0.3) is 11.1 Å². The minimum atomic E-state index is -0.538. The van der Waals surface area contributed by atoms with Crippen molar-refractivity contribution in [2.24, 2.45) is 4.99 Å². The second kappa shape index (κ2) is 10.8. The number of halogens is 1. The summed E-state index contributed by atoms with van der Waals surface area (Å²) in [6.45, 7) is 8.08. The number of fused-ring (bicyclic) bond motifs is 1. The normalized spacial score (nSPS) is 18.5. The Hall–Kier alpha value is -3.20. The number of anilines is 1. The third-order valence-electron chi connectivity index (χ3n) is 6.63. The van der Waals surface area contributed by atoms with Crippen LogP contribution in [0.3, 0.4) is 0 Å². The number of aliphatic imine (C=N–C) groups is 1. The summed E-state index contributed by atoms with van der Waals surface area (Å²) in [6.07, 6.45) is 2.58. The third kappa shape index (κ3) is 5.61. The molecule has 1 aromatic heterocycles. The van der Waals surface area contributed by atoms with Gasteiger partial charge in [-0.25, -0.2) is 4.99 Å². The quantitative estimate of drug-likeness (QED) is 0.349. The highest BCUT2D eigenvalue weighted by Crippen LogP contribution is 2.40. The Morgan fingerprint density at radius 3 is 2.69 bits per heavy atom. The number of benzene rings is 2. The summed E-state index contributed by atoms with van der Waals surface area (Å²) in [7, 11) is 2.17. The maximum absolute atomic E-state index is 12.6. The molecule has 2 aromatic carbocycles. The molecule has 0 radical (unpaired) electrons. The van der Waals surface area contributed by atoms with Gasteiger partial charge >= 0.3 is 0 Å². The van der Waals surface area contributed by atoms with Crippen LogP contribution in [-0.2, 0) is 4.79 Å². The second-order valence-electron chi connectivity index (χ2n) is 9.34. The second-order valence-corrected chi connectivity index (χ2v) is 9.75. The van der Waals surface area contributed by atoms with Gasteiger partial charge in [0.15, 0.2) is 0 Å². The van der Waals surface area contributed by atoms with Gasteiger partial charge in [0, 0.05) is 56.3 Å². The average molecular weight is 508 g/mol. The summed E-state index contributed by atoms with van der Waals surface area (Å²) in [5.41, 5.74) is 4.05. The molecule has 2 aliphatic rings. The lowest BCUT2D eigenvalue weighted by Crippen LogP contribution is -2.44. The molecular weight excluding hydrogens is 478 g/mol. The topological polar surface area (TPSA) is 83.2 Å². The van der Waals surface area contributed by atoms with Crippen molar-refractivity contribution in [2.75, 3.05) is 51.7 Å². The lowest BCUT2D eigenvalue weighted by molar-refractivity contribution is -0.115. The molecule has 2 aliphatic heterocycles. The molecule has 3 heterocycles. The SMILES string of the molecule is Cc1cc(N=CC2C(=O)Nc3cc(Cl)c(-c4ccc(OCCCN5CCN(C)CC5)cc4)cc32)on1. The largest absolute Gasteiger partial charge is 0.494 e. The van der Waals surface area contributed by atoms with E-state index in [-0.39, 0.29) is 5.91 Å². The Morgan fingerprint density at radius 2 is 1.97 bits per heavy atom. The number of nitrogens with zero attached hydrogens (tertiary/aromatic N) is 4. The number of aromatic nitrogens is 1. The Bertz CT molecular complexity index is 1250. The summed E-state index contributed by atoms with van der Waals surface area (Å²) in [5, 5.41) is 7.28. The lowest BCUT2D eigenvalue weighted by atomic mass is 9.96. The van der Waals surface area contributed by atoms with Gasteiger partial charge in [0.1, 0.15) is 11.7 Å². The summed E-state index contributed by atoms with van der Waals surface area (Å²) >= 11 is 6.59. The van der Waals surface area contributed by atoms with E-state index in [9.17, 15) is 4.79 Å². The zero-order valence-electron chi connectivity index (χ0n) is 20.5. The molecule has 1 saturated heterocycles. The number of hydrogen-bond acceptors (Lipinski definition) is 7. The fourth-order valence-corrected chi connectivity index (χ4v) is 4.79. The van der Waals surface area contributed by atoms with Crippen LogP contribution in [0.4, 0.5) is 11.6 Å². The monoisotopic (exact) mass is 507 g/mol. The van der Waals surface area contributed by atoms with Gasteiger partial charge < -0.3 is 24.4 Å². The maximum Gasteiger partial charge on any atom is 0.250 e. The van der Waals surface area contributed by atoms with Crippen molar-refractivity contribution in [1.29, 1.82) is 0 Å². The molecule has 188 valence electrons. The van der Waals surface area contributed by atoms with Gasteiger partial charge in [-0.3, -0.25) is 4.79 Å². The third-order valence-corrected chi connectivity index (χ3v) is 6.94. The molecule has 9 heteroatoms. The summed E-state index contributed by atoms with van der Waals surface area (Å²) in [4.78, 5) is 21.7. The minimum absolute atomic E-state index is 0.154. The van der Waals surface area contributed by atoms with E-state index in [2.05, 4.69) is 32.3 Å². The Kier molecular flexibility index (Phi) is 7.36. The number of hydrogen-bond donors (Lipinski definition) is 1. The smallest absolute Gasteiger partial charge is 0.250 e. The number of rotatable bonds is 8. The van der Waals surface area contributed by atoms with Crippen LogP contribution >= 0.6 is 11.6 Å². The number of likely N-dealkylation sites (N-methyl/N-ethyl adjacent to an activating group) is 1. The van der Waals surface area contributed by atoms with E-state index in [0.29, 0.717) is 23.2 Å². The van der Waals surface area contributed by atoms with Crippen molar-refractivity contribution < 1.29 is 14.1 Å². The molecule has 3 aromatic rings. The van der Waals surface area contributed by atoms with Crippen LogP contribution in [0, 0.1) is 6.92 Å². The van der Waals surface area contributed by atoms with Gasteiger partial charge in [-0.15, -0.1) is 0 Å². The number of aryl methyl sites for hydroxylation is 1. The zero-order valence-corrected chi connectivity index (χ0v) is 21.3. The standard InChI is InChI=1S/C27H30ClN5O3/c1-18-14-26(36-31-18)29-17-23-22-15-21(24(28)16-25(22)30-27(23)34)19-4-6-20(7-5-19)35-13-3-8-33-11-9-32(2)10-12-33/h4-7,14-17,23H,3,8-13H2,1-2H3,(H,30,34). The van der Waals surface area contributed by atoms with Gasteiger partial charge in [-0.2, -0.15) is 0 Å². The van der Waals surface area contributed by atoms with E-state index in [1.54, 1.807) is 18.3 Å². The molecule has 1 fully saturated rings. The Labute approximate surface area is 215 Å². The number of amides is 1. The molecule has 8 nitrogen and oxygen atoms in total. The lowest BCUT2D eigenvalue weighted by Gasteiger charge is -2.32. The molecule has 1 atom stereocenters. The maximum atomic E-state index is 12.6. The van der Waals surface area contributed by atoms with E-state index >= 15 is 0 Å². The summed E-state index contributed by atoms with van der Waals surface area (Å²) in [6, 6.07) is 13.4. The highest BCUT2D eigenvalue weighted by molar-refractivity contribution is 6.34. The number of piperazine rings is 1. The molecule has 1 unspecified atom stereocenters. The van der Waals surface area contributed by atoms with Crippen molar-refractivity contribution in [3.8, 4) is 16.9 Å². The minimum Gasteiger partial charge on any atom is -0.494 e. The first-order valence-electron chi connectivity index (χ1n) is 12.2. The molecule has 0 bridgehead atoms. The molecule has 36 heavy (non-hydrogen) atoms. The van der Waals surface area contributed by atoms with Crippen molar-refractivity contribution >= 4 is 35.3 Å². The van der Waals surface area contributed by atoms with E-state index in [0.717, 1.165) is 67.3 Å². The fraction of sp³-hybridized carbons (Fsp3) is 0.370. The van der Waals surface area contributed by atoms with Gasteiger partial charge in [-0.1, -0.05) is 28.9 Å². The molecule has 0 spiro atoms. The van der Waals surface area contributed by atoms with Crippen LogP contribution < -0.4 is 10.1 Å². The van der Waals surface area contributed by atoms with Crippen molar-refractivity contribution in [3.63, 3.8) is 0 Å². The van der Waals surface area contributed by atoms with Crippen LogP contribution in [0.2, 0.25) is 5.02 Å². The van der Waals surface area contributed by atoms with Gasteiger partial charge in [0.25, 0.3) is 0 Å². The van der Waals surface area contributed by atoms with Crippen molar-refractivity contribution in [2.45, 2.75) is 19.3 Å². The van der Waals surface area contributed by atoms with E-state index < -0.39 is 5.92 Å². The van der Waals surface area contributed by atoms with Crippen LogP contribution in [0.5, 0.6) is 5.75 Å². The molecule has 1 amide bonds. The number of ether oxygens (including phenoxy) is 1. The number of carbonyl (C=O) groups excluding carboxylic acids is 1.